The number of amides is 1. The Morgan fingerprint density at radius 2 is 1.74 bits per heavy atom. The van der Waals surface area contributed by atoms with Gasteiger partial charge < -0.3 is 20.2 Å². The van der Waals surface area contributed by atoms with Crippen LogP contribution >= 0.6 is 0 Å². The SMILES string of the molecule is CN(C)CCCN(C)Cc1cccc(CC(O)(C(=O)Nc2ccc(C#N)c(C(F)(F)F)c2)C2CCCCC2)c1. The summed E-state index contributed by atoms with van der Waals surface area (Å²) in [6.07, 6.45) is 0.471. The van der Waals surface area contributed by atoms with Crippen LogP contribution in [0.5, 0.6) is 0 Å². The van der Waals surface area contributed by atoms with Gasteiger partial charge in [0.15, 0.2) is 0 Å². The van der Waals surface area contributed by atoms with Crippen molar-refractivity contribution in [3.8, 4) is 6.07 Å². The van der Waals surface area contributed by atoms with Crippen LogP contribution in [0.4, 0.5) is 18.9 Å². The van der Waals surface area contributed by atoms with Crippen molar-refractivity contribution in [2.75, 3.05) is 39.5 Å². The van der Waals surface area contributed by atoms with E-state index in [0.29, 0.717) is 12.8 Å². The lowest BCUT2D eigenvalue weighted by Gasteiger charge is -2.37. The molecule has 2 N–H and O–H groups in total. The molecule has 2 aromatic rings. The van der Waals surface area contributed by atoms with Gasteiger partial charge in [-0.1, -0.05) is 43.5 Å². The van der Waals surface area contributed by atoms with Gasteiger partial charge in [0.05, 0.1) is 17.2 Å². The molecule has 9 heteroatoms. The summed E-state index contributed by atoms with van der Waals surface area (Å²) in [5.74, 6) is -1.04. The third-order valence-corrected chi connectivity index (χ3v) is 7.44. The highest BCUT2D eigenvalue weighted by atomic mass is 19.4. The van der Waals surface area contributed by atoms with Crippen LogP contribution in [-0.2, 0) is 23.9 Å². The summed E-state index contributed by atoms with van der Waals surface area (Å²) in [5, 5.41) is 23.5. The van der Waals surface area contributed by atoms with Crippen molar-refractivity contribution >= 4 is 11.6 Å². The molecule has 1 aliphatic carbocycles. The number of anilines is 1. The molecule has 0 bridgehead atoms. The van der Waals surface area contributed by atoms with E-state index >= 15 is 0 Å². The van der Waals surface area contributed by atoms with Crippen LogP contribution in [0.1, 0.15) is 60.8 Å². The van der Waals surface area contributed by atoms with Crippen molar-refractivity contribution in [1.82, 2.24) is 9.80 Å². The molecule has 1 saturated carbocycles. The zero-order valence-electron chi connectivity index (χ0n) is 23.0. The zero-order valence-corrected chi connectivity index (χ0v) is 23.0. The first-order valence-corrected chi connectivity index (χ1v) is 13.5. The lowest BCUT2D eigenvalue weighted by atomic mass is 9.73. The fraction of sp³-hybridized carbons (Fsp3) is 0.533. The average molecular weight is 545 g/mol. The van der Waals surface area contributed by atoms with Gasteiger partial charge >= 0.3 is 6.18 Å². The van der Waals surface area contributed by atoms with E-state index < -0.39 is 28.8 Å². The smallest absolute Gasteiger partial charge is 0.379 e. The highest BCUT2D eigenvalue weighted by molar-refractivity contribution is 5.97. The van der Waals surface area contributed by atoms with Crippen LogP contribution in [0.25, 0.3) is 0 Å². The molecule has 1 fully saturated rings. The number of carbonyl (C=O) groups excluding carboxylic acids is 1. The molecule has 1 aliphatic rings. The first-order chi connectivity index (χ1) is 18.4. The van der Waals surface area contributed by atoms with Crippen LogP contribution in [0.3, 0.4) is 0 Å². The second kappa shape index (κ2) is 13.4. The van der Waals surface area contributed by atoms with E-state index in [1.807, 2.05) is 38.4 Å². The summed E-state index contributed by atoms with van der Waals surface area (Å²) >= 11 is 0. The Morgan fingerprint density at radius 3 is 2.38 bits per heavy atom. The standard InChI is InChI=1S/C30H39F3N4O2/c1-36(2)15-8-16-37(3)21-23-10-7-9-22(17-23)19-29(39,25-11-5-4-6-12-25)28(38)35-26-14-13-24(20-34)27(18-26)30(31,32)33/h7,9-10,13-14,17-18,25,39H,4-6,8,11-12,15-16,19,21H2,1-3H3,(H,35,38). The summed E-state index contributed by atoms with van der Waals surface area (Å²) in [4.78, 5) is 17.9. The van der Waals surface area contributed by atoms with Gasteiger partial charge in [-0.05, 0) is 88.7 Å². The zero-order chi connectivity index (χ0) is 28.6. The maximum absolute atomic E-state index is 13.6. The van der Waals surface area contributed by atoms with Crippen molar-refractivity contribution in [3.63, 3.8) is 0 Å². The number of nitrogens with one attached hydrogen (secondary N) is 1. The Labute approximate surface area is 229 Å². The molecule has 212 valence electrons. The Kier molecular flexibility index (Phi) is 10.5. The average Bonchev–Trinajstić information content (AvgIpc) is 2.88. The van der Waals surface area contributed by atoms with Gasteiger partial charge in [-0.15, -0.1) is 0 Å². The third-order valence-electron chi connectivity index (χ3n) is 7.44. The van der Waals surface area contributed by atoms with E-state index in [2.05, 4.69) is 22.2 Å². The fourth-order valence-corrected chi connectivity index (χ4v) is 5.38. The molecule has 39 heavy (non-hydrogen) atoms. The summed E-state index contributed by atoms with van der Waals surface area (Å²) in [5.41, 5.74) is -1.67. The fourth-order valence-electron chi connectivity index (χ4n) is 5.38. The highest BCUT2D eigenvalue weighted by Gasteiger charge is 2.44. The van der Waals surface area contributed by atoms with Crippen molar-refractivity contribution in [2.45, 2.75) is 63.3 Å². The molecular weight excluding hydrogens is 505 g/mol. The number of alkyl halides is 3. The molecule has 0 aromatic heterocycles. The number of rotatable bonds is 11. The lowest BCUT2D eigenvalue weighted by Crippen LogP contribution is -2.51. The molecule has 0 heterocycles. The summed E-state index contributed by atoms with van der Waals surface area (Å²) < 4.78 is 40.4. The van der Waals surface area contributed by atoms with Crippen LogP contribution in [-0.4, -0.2) is 60.6 Å². The molecule has 6 nitrogen and oxygen atoms in total. The Hall–Kier alpha value is -2.93. The largest absolute Gasteiger partial charge is 0.417 e. The van der Waals surface area contributed by atoms with E-state index in [1.54, 1.807) is 6.07 Å². The molecule has 1 unspecified atom stereocenters. The van der Waals surface area contributed by atoms with Gasteiger partial charge in [0.25, 0.3) is 5.91 Å². The van der Waals surface area contributed by atoms with Gasteiger partial charge in [-0.2, -0.15) is 18.4 Å². The number of halogens is 3. The van der Waals surface area contributed by atoms with Gasteiger partial charge in [0, 0.05) is 18.7 Å². The molecule has 0 aliphatic heterocycles. The van der Waals surface area contributed by atoms with E-state index in [-0.39, 0.29) is 18.0 Å². The van der Waals surface area contributed by atoms with Crippen LogP contribution in [0.15, 0.2) is 42.5 Å². The summed E-state index contributed by atoms with van der Waals surface area (Å²) in [6.45, 7) is 2.65. The summed E-state index contributed by atoms with van der Waals surface area (Å²) in [6, 6.07) is 12.4. The van der Waals surface area contributed by atoms with Gasteiger partial charge in [0.1, 0.15) is 5.60 Å². The van der Waals surface area contributed by atoms with Crippen LogP contribution < -0.4 is 5.32 Å². The number of carbonyl (C=O) groups is 1. The highest BCUT2D eigenvalue weighted by Crippen LogP contribution is 2.37. The van der Waals surface area contributed by atoms with E-state index in [9.17, 15) is 23.1 Å². The minimum atomic E-state index is -4.74. The minimum absolute atomic E-state index is 0.0596. The molecule has 0 spiro atoms. The number of benzene rings is 2. The van der Waals surface area contributed by atoms with Gasteiger partial charge in [-0.3, -0.25) is 4.79 Å². The van der Waals surface area contributed by atoms with Crippen molar-refractivity contribution in [1.29, 1.82) is 5.26 Å². The van der Waals surface area contributed by atoms with Crippen molar-refractivity contribution in [3.05, 3.63) is 64.7 Å². The topological polar surface area (TPSA) is 79.6 Å². The molecule has 1 atom stereocenters. The Morgan fingerprint density at radius 1 is 1.05 bits per heavy atom. The van der Waals surface area contributed by atoms with Crippen molar-refractivity contribution < 1.29 is 23.1 Å². The first-order valence-electron chi connectivity index (χ1n) is 13.5. The van der Waals surface area contributed by atoms with Crippen LogP contribution in [0, 0.1) is 17.2 Å². The predicted octanol–water partition coefficient (Wildman–Crippen LogP) is 5.45. The maximum Gasteiger partial charge on any atom is 0.417 e. The number of aliphatic hydroxyl groups is 1. The van der Waals surface area contributed by atoms with Gasteiger partial charge in [-0.25, -0.2) is 0 Å². The molecular formula is C30H39F3N4O2. The van der Waals surface area contributed by atoms with Crippen LogP contribution in [0.2, 0.25) is 0 Å². The molecule has 0 radical (unpaired) electrons. The first kappa shape index (κ1) is 30.6. The lowest BCUT2D eigenvalue weighted by molar-refractivity contribution is -0.142. The maximum atomic E-state index is 13.6. The summed E-state index contributed by atoms with van der Waals surface area (Å²) in [7, 11) is 6.15. The van der Waals surface area contributed by atoms with E-state index in [4.69, 9.17) is 5.26 Å². The number of hydrogen-bond donors (Lipinski definition) is 2. The second-order valence-electron chi connectivity index (χ2n) is 11.0. The predicted molar refractivity (Wildman–Crippen MR) is 146 cm³/mol. The molecule has 3 rings (SSSR count). The molecule has 0 saturated heterocycles. The molecule has 1 amide bonds. The number of hydrogen-bond acceptors (Lipinski definition) is 5. The second-order valence-corrected chi connectivity index (χ2v) is 11.0. The van der Waals surface area contributed by atoms with Gasteiger partial charge in [0.2, 0.25) is 0 Å². The van der Waals surface area contributed by atoms with E-state index in [0.717, 1.165) is 68.6 Å². The minimum Gasteiger partial charge on any atom is -0.379 e. The monoisotopic (exact) mass is 544 g/mol. The normalized spacial score (nSPS) is 16.2. The van der Waals surface area contributed by atoms with Crippen molar-refractivity contribution in [2.24, 2.45) is 5.92 Å². The Bertz CT molecular complexity index is 1160. The third kappa shape index (κ3) is 8.53. The quantitative estimate of drug-likeness (QED) is 0.393. The van der Waals surface area contributed by atoms with E-state index in [1.165, 1.54) is 6.07 Å². The Balaban J connectivity index is 1.82. The molecule has 2 aromatic carbocycles. The number of nitriles is 1. The number of nitrogens with zero attached hydrogens (tertiary/aromatic N) is 3.